The van der Waals surface area contributed by atoms with Crippen molar-refractivity contribution in [3.8, 4) is 0 Å². The van der Waals surface area contributed by atoms with E-state index in [1.165, 1.54) is 11.1 Å². The maximum absolute atomic E-state index is 12.1. The standard InChI is InChI=1S/C19H18N2O/c1-12-4-6-15-10-16(19(22)21-18(15)8-12)11-20-17-7-5-13(2)14(3)9-17/h4-11H,1-3H3,(H,21,22). The molecule has 0 unspecified atom stereocenters. The van der Waals surface area contributed by atoms with Gasteiger partial charge >= 0.3 is 0 Å². The van der Waals surface area contributed by atoms with Crippen LogP contribution >= 0.6 is 0 Å². The monoisotopic (exact) mass is 290 g/mol. The zero-order valence-electron chi connectivity index (χ0n) is 13.0. The van der Waals surface area contributed by atoms with E-state index in [9.17, 15) is 4.79 Å². The molecule has 1 N–H and O–H groups in total. The number of aliphatic imine (C=N–C) groups is 1. The third kappa shape index (κ3) is 2.84. The number of rotatable bonds is 2. The molecule has 0 saturated heterocycles. The molecule has 0 radical (unpaired) electrons. The van der Waals surface area contributed by atoms with Gasteiger partial charge in [-0.15, -0.1) is 0 Å². The number of H-pyrrole nitrogens is 1. The van der Waals surface area contributed by atoms with Crippen molar-refractivity contribution in [3.05, 3.63) is 75.1 Å². The molecule has 1 heterocycles. The van der Waals surface area contributed by atoms with Crippen LogP contribution in [0, 0.1) is 20.8 Å². The van der Waals surface area contributed by atoms with E-state index in [1.807, 2.05) is 49.4 Å². The number of aromatic amines is 1. The Labute approximate surface area is 129 Å². The molecule has 3 aromatic rings. The fourth-order valence-corrected chi connectivity index (χ4v) is 2.38. The molecule has 3 nitrogen and oxygen atoms in total. The Morgan fingerprint density at radius 1 is 0.955 bits per heavy atom. The van der Waals surface area contributed by atoms with Gasteiger partial charge < -0.3 is 4.98 Å². The van der Waals surface area contributed by atoms with Gasteiger partial charge in [-0.25, -0.2) is 0 Å². The molecule has 3 rings (SSSR count). The van der Waals surface area contributed by atoms with E-state index >= 15 is 0 Å². The molecule has 0 bridgehead atoms. The van der Waals surface area contributed by atoms with Gasteiger partial charge in [0.15, 0.2) is 0 Å². The predicted molar refractivity (Wildman–Crippen MR) is 92.5 cm³/mol. The Morgan fingerprint density at radius 2 is 1.77 bits per heavy atom. The van der Waals surface area contributed by atoms with Crippen LogP contribution in [-0.2, 0) is 0 Å². The molecule has 1 aromatic heterocycles. The second-order valence-corrected chi connectivity index (χ2v) is 5.67. The summed E-state index contributed by atoms with van der Waals surface area (Å²) < 4.78 is 0. The van der Waals surface area contributed by atoms with Crippen molar-refractivity contribution in [1.29, 1.82) is 0 Å². The van der Waals surface area contributed by atoms with Gasteiger partial charge in [0, 0.05) is 11.7 Å². The van der Waals surface area contributed by atoms with Crippen LogP contribution in [-0.4, -0.2) is 11.2 Å². The zero-order chi connectivity index (χ0) is 15.7. The maximum atomic E-state index is 12.1. The molecular formula is C19H18N2O. The second kappa shape index (κ2) is 5.60. The minimum Gasteiger partial charge on any atom is -0.321 e. The summed E-state index contributed by atoms with van der Waals surface area (Å²) in [5.41, 5.74) is 5.70. The number of hydrogen-bond donors (Lipinski definition) is 1. The first kappa shape index (κ1) is 14.3. The number of nitrogens with one attached hydrogen (secondary N) is 1. The molecule has 0 spiro atoms. The highest BCUT2D eigenvalue weighted by Gasteiger charge is 2.01. The predicted octanol–water partition coefficient (Wildman–Crippen LogP) is 4.20. The highest BCUT2D eigenvalue weighted by Crippen LogP contribution is 2.17. The molecule has 110 valence electrons. The number of aryl methyl sites for hydroxylation is 3. The summed E-state index contributed by atoms with van der Waals surface area (Å²) in [6.45, 7) is 6.13. The summed E-state index contributed by atoms with van der Waals surface area (Å²) in [4.78, 5) is 19.5. The summed E-state index contributed by atoms with van der Waals surface area (Å²) in [6.07, 6.45) is 1.63. The Bertz CT molecular complexity index is 936. The van der Waals surface area contributed by atoms with Gasteiger partial charge in [0.05, 0.1) is 11.3 Å². The highest BCUT2D eigenvalue weighted by molar-refractivity contribution is 5.88. The third-order valence-electron chi connectivity index (χ3n) is 3.87. The van der Waals surface area contributed by atoms with Crippen molar-refractivity contribution >= 4 is 22.8 Å². The molecule has 0 amide bonds. The summed E-state index contributed by atoms with van der Waals surface area (Å²) in [5, 5.41) is 1.01. The molecule has 0 fully saturated rings. The summed E-state index contributed by atoms with van der Waals surface area (Å²) in [7, 11) is 0. The van der Waals surface area contributed by atoms with E-state index in [2.05, 4.69) is 23.8 Å². The second-order valence-electron chi connectivity index (χ2n) is 5.67. The highest BCUT2D eigenvalue weighted by atomic mass is 16.1. The minimum absolute atomic E-state index is 0.120. The largest absolute Gasteiger partial charge is 0.321 e. The average Bonchev–Trinajstić information content (AvgIpc) is 2.48. The third-order valence-corrected chi connectivity index (χ3v) is 3.87. The van der Waals surface area contributed by atoms with E-state index in [1.54, 1.807) is 6.21 Å². The lowest BCUT2D eigenvalue weighted by atomic mass is 10.1. The number of fused-ring (bicyclic) bond motifs is 1. The molecule has 3 heteroatoms. The van der Waals surface area contributed by atoms with Crippen molar-refractivity contribution in [1.82, 2.24) is 4.98 Å². The molecule has 0 aliphatic carbocycles. The summed E-state index contributed by atoms with van der Waals surface area (Å²) >= 11 is 0. The Morgan fingerprint density at radius 3 is 2.55 bits per heavy atom. The number of nitrogens with zero attached hydrogens (tertiary/aromatic N) is 1. The minimum atomic E-state index is -0.120. The van der Waals surface area contributed by atoms with E-state index in [4.69, 9.17) is 0 Å². The number of pyridine rings is 1. The summed E-state index contributed by atoms with van der Waals surface area (Å²) in [6, 6.07) is 13.9. The first-order valence-corrected chi connectivity index (χ1v) is 7.28. The van der Waals surface area contributed by atoms with E-state index in [0.717, 1.165) is 22.2 Å². The van der Waals surface area contributed by atoms with Crippen molar-refractivity contribution < 1.29 is 0 Å². The zero-order valence-corrected chi connectivity index (χ0v) is 13.0. The van der Waals surface area contributed by atoms with Crippen LogP contribution < -0.4 is 5.56 Å². The van der Waals surface area contributed by atoms with Crippen LogP contribution in [0.5, 0.6) is 0 Å². The number of aromatic nitrogens is 1. The molecule has 22 heavy (non-hydrogen) atoms. The first-order valence-electron chi connectivity index (χ1n) is 7.28. The molecule has 2 aromatic carbocycles. The fourth-order valence-electron chi connectivity index (χ4n) is 2.38. The van der Waals surface area contributed by atoms with E-state index in [0.29, 0.717) is 5.56 Å². The Hall–Kier alpha value is -2.68. The smallest absolute Gasteiger partial charge is 0.257 e. The normalized spacial score (nSPS) is 11.4. The van der Waals surface area contributed by atoms with Gasteiger partial charge in [-0.3, -0.25) is 9.79 Å². The van der Waals surface area contributed by atoms with Crippen LogP contribution in [0.3, 0.4) is 0 Å². The van der Waals surface area contributed by atoms with Gasteiger partial charge in [0.2, 0.25) is 0 Å². The van der Waals surface area contributed by atoms with Gasteiger partial charge in [-0.05, 0) is 67.1 Å². The van der Waals surface area contributed by atoms with Crippen molar-refractivity contribution in [2.24, 2.45) is 4.99 Å². The van der Waals surface area contributed by atoms with Crippen LogP contribution in [0.2, 0.25) is 0 Å². The molecule has 0 aliphatic rings. The van der Waals surface area contributed by atoms with Crippen molar-refractivity contribution in [2.45, 2.75) is 20.8 Å². The van der Waals surface area contributed by atoms with Crippen LogP contribution in [0.4, 0.5) is 5.69 Å². The first-order chi connectivity index (χ1) is 10.5. The van der Waals surface area contributed by atoms with Crippen LogP contribution in [0.1, 0.15) is 22.3 Å². The number of hydrogen-bond acceptors (Lipinski definition) is 2. The van der Waals surface area contributed by atoms with E-state index in [-0.39, 0.29) is 5.56 Å². The van der Waals surface area contributed by atoms with Crippen molar-refractivity contribution in [2.75, 3.05) is 0 Å². The Kier molecular flexibility index (Phi) is 3.63. The van der Waals surface area contributed by atoms with Crippen LogP contribution in [0.25, 0.3) is 10.9 Å². The lowest BCUT2D eigenvalue weighted by Crippen LogP contribution is -2.11. The average molecular weight is 290 g/mol. The van der Waals surface area contributed by atoms with Gasteiger partial charge in [-0.1, -0.05) is 18.2 Å². The van der Waals surface area contributed by atoms with E-state index < -0.39 is 0 Å². The molecule has 0 atom stereocenters. The summed E-state index contributed by atoms with van der Waals surface area (Å²) in [5.74, 6) is 0. The maximum Gasteiger partial charge on any atom is 0.257 e. The fraction of sp³-hybridized carbons (Fsp3) is 0.158. The molecular weight excluding hydrogens is 272 g/mol. The van der Waals surface area contributed by atoms with Gasteiger partial charge in [0.1, 0.15) is 0 Å². The Balaban J connectivity index is 2.01. The molecule has 0 aliphatic heterocycles. The SMILES string of the molecule is Cc1ccc2cc(C=Nc3ccc(C)c(C)c3)c(=O)[nH]c2c1. The quantitative estimate of drug-likeness (QED) is 0.706. The number of benzene rings is 2. The lowest BCUT2D eigenvalue weighted by Gasteiger charge is -2.02. The van der Waals surface area contributed by atoms with Gasteiger partial charge in [0.25, 0.3) is 5.56 Å². The lowest BCUT2D eigenvalue weighted by molar-refractivity contribution is 1.28. The topological polar surface area (TPSA) is 45.2 Å². The van der Waals surface area contributed by atoms with Crippen molar-refractivity contribution in [3.63, 3.8) is 0 Å². The van der Waals surface area contributed by atoms with Gasteiger partial charge in [-0.2, -0.15) is 0 Å². The van der Waals surface area contributed by atoms with Crippen LogP contribution in [0.15, 0.2) is 52.3 Å². The molecule has 0 saturated carbocycles.